The Morgan fingerprint density at radius 1 is 0.929 bits per heavy atom. The Hall–Kier alpha value is -1.57. The van der Waals surface area contributed by atoms with Gasteiger partial charge in [-0.25, -0.2) is 0 Å². The number of rotatable bonds is 4. The van der Waals surface area contributed by atoms with Crippen LogP contribution in [0.5, 0.6) is 0 Å². The molecular weight excluding hydrogens is 176 g/mol. The van der Waals surface area contributed by atoms with Crippen LogP contribution in [0.15, 0.2) is 47.8 Å². The fraction of sp³-hybridized carbons (Fsp3) is 0.250. The predicted molar refractivity (Wildman–Crippen MR) is 59.1 cm³/mol. The number of carbonyl (C=O) groups is 1. The van der Waals surface area contributed by atoms with Crippen LogP contribution in [0.1, 0.15) is 20.8 Å². The number of allylic oxidation sites excluding steroid dienone is 8. The zero-order valence-corrected chi connectivity index (χ0v) is 8.82. The Kier molecular flexibility index (Phi) is 6.12. The van der Waals surface area contributed by atoms with Crippen LogP contribution in [0.2, 0.25) is 0 Å². The summed E-state index contributed by atoms with van der Waals surface area (Å²) in [6.45, 7) is 4.96. The van der Waals surface area contributed by atoms with Gasteiger partial charge >= 0.3 is 0 Å². The number of aliphatic hydroxyl groups excluding tert-OH is 1. The SMILES string of the molecule is CC(=O)/C=C\C=CC=C/C(C)=C(/C)O. The van der Waals surface area contributed by atoms with Crippen molar-refractivity contribution in [1.29, 1.82) is 0 Å². The Bertz CT molecular complexity index is 300. The Morgan fingerprint density at radius 3 is 1.86 bits per heavy atom. The lowest BCUT2D eigenvalue weighted by atomic mass is 10.2. The van der Waals surface area contributed by atoms with E-state index in [1.54, 1.807) is 37.3 Å². The van der Waals surface area contributed by atoms with Gasteiger partial charge in [-0.1, -0.05) is 30.4 Å². The van der Waals surface area contributed by atoms with Gasteiger partial charge in [-0.05, 0) is 32.4 Å². The highest BCUT2D eigenvalue weighted by Gasteiger charge is 1.84. The largest absolute Gasteiger partial charge is 0.512 e. The molecule has 14 heavy (non-hydrogen) atoms. The Balaban J connectivity index is 4.07. The van der Waals surface area contributed by atoms with Crippen LogP contribution in [-0.4, -0.2) is 10.9 Å². The molecule has 0 fully saturated rings. The molecule has 0 aromatic rings. The Labute approximate surface area is 85.0 Å². The van der Waals surface area contributed by atoms with Crippen molar-refractivity contribution in [2.24, 2.45) is 0 Å². The maximum absolute atomic E-state index is 10.5. The normalized spacial score (nSPS) is 14.2. The molecule has 0 radical (unpaired) electrons. The molecule has 0 aliphatic rings. The third kappa shape index (κ3) is 7.10. The first kappa shape index (κ1) is 12.4. The first-order valence-corrected chi connectivity index (χ1v) is 4.42. The molecule has 0 amide bonds. The van der Waals surface area contributed by atoms with Gasteiger partial charge in [0.1, 0.15) is 0 Å². The lowest BCUT2D eigenvalue weighted by molar-refractivity contribution is -0.112. The van der Waals surface area contributed by atoms with Gasteiger partial charge < -0.3 is 5.11 Å². The molecule has 2 heteroatoms. The van der Waals surface area contributed by atoms with E-state index >= 15 is 0 Å². The topological polar surface area (TPSA) is 37.3 Å². The highest BCUT2D eigenvalue weighted by atomic mass is 16.3. The predicted octanol–water partition coefficient (Wildman–Crippen LogP) is 3.10. The molecule has 0 spiro atoms. The molecular formula is C12H16O2. The number of aliphatic hydroxyl groups is 1. The highest BCUT2D eigenvalue weighted by Crippen LogP contribution is 2.00. The fourth-order valence-corrected chi connectivity index (χ4v) is 0.640. The van der Waals surface area contributed by atoms with Crippen LogP contribution in [0.3, 0.4) is 0 Å². The van der Waals surface area contributed by atoms with E-state index in [2.05, 4.69) is 0 Å². The number of hydrogen-bond donors (Lipinski definition) is 1. The summed E-state index contributed by atoms with van der Waals surface area (Å²) in [5, 5.41) is 9.04. The van der Waals surface area contributed by atoms with E-state index < -0.39 is 0 Å². The van der Waals surface area contributed by atoms with Crippen molar-refractivity contribution in [3.63, 3.8) is 0 Å². The fourth-order valence-electron chi connectivity index (χ4n) is 0.640. The maximum Gasteiger partial charge on any atom is 0.152 e. The third-order valence-electron chi connectivity index (χ3n) is 1.58. The molecule has 0 saturated carbocycles. The molecule has 0 unspecified atom stereocenters. The third-order valence-corrected chi connectivity index (χ3v) is 1.58. The molecule has 0 aromatic carbocycles. The van der Waals surface area contributed by atoms with Crippen LogP contribution in [-0.2, 0) is 4.79 Å². The van der Waals surface area contributed by atoms with Gasteiger partial charge in [0.2, 0.25) is 0 Å². The number of hydrogen-bond acceptors (Lipinski definition) is 2. The summed E-state index contributed by atoms with van der Waals surface area (Å²) in [6.07, 6.45) is 10.3. The summed E-state index contributed by atoms with van der Waals surface area (Å²) in [7, 11) is 0. The van der Waals surface area contributed by atoms with E-state index in [9.17, 15) is 4.79 Å². The minimum atomic E-state index is 0.0286. The standard InChI is InChI=1S/C12H16O2/c1-10(12(3)14)8-6-4-5-7-9-11(2)13/h4-9,14H,1-3H3/b5-4?,8-6?,9-7-,12-10-. The van der Waals surface area contributed by atoms with E-state index in [4.69, 9.17) is 5.11 Å². The van der Waals surface area contributed by atoms with E-state index in [0.717, 1.165) is 5.57 Å². The van der Waals surface area contributed by atoms with Gasteiger partial charge in [0.15, 0.2) is 5.78 Å². The average molecular weight is 192 g/mol. The van der Waals surface area contributed by atoms with Gasteiger partial charge in [-0.2, -0.15) is 0 Å². The highest BCUT2D eigenvalue weighted by molar-refractivity contribution is 5.87. The lowest BCUT2D eigenvalue weighted by Crippen LogP contribution is -1.77. The van der Waals surface area contributed by atoms with Crippen LogP contribution in [0.4, 0.5) is 0 Å². The minimum Gasteiger partial charge on any atom is -0.512 e. The molecule has 0 aliphatic carbocycles. The van der Waals surface area contributed by atoms with Gasteiger partial charge in [0.05, 0.1) is 5.76 Å². The summed E-state index contributed by atoms with van der Waals surface area (Å²) in [4.78, 5) is 10.5. The van der Waals surface area contributed by atoms with Crippen LogP contribution in [0, 0.1) is 0 Å². The zero-order chi connectivity index (χ0) is 11.0. The van der Waals surface area contributed by atoms with Crippen molar-refractivity contribution in [3.8, 4) is 0 Å². The zero-order valence-electron chi connectivity index (χ0n) is 8.82. The molecule has 0 bridgehead atoms. The summed E-state index contributed by atoms with van der Waals surface area (Å²) in [5.41, 5.74) is 0.824. The second-order valence-electron chi connectivity index (χ2n) is 2.98. The van der Waals surface area contributed by atoms with E-state index in [0.29, 0.717) is 5.76 Å². The van der Waals surface area contributed by atoms with Gasteiger partial charge in [-0.15, -0.1) is 0 Å². The van der Waals surface area contributed by atoms with E-state index in [1.165, 1.54) is 13.0 Å². The summed E-state index contributed by atoms with van der Waals surface area (Å²) in [6, 6.07) is 0. The monoisotopic (exact) mass is 192 g/mol. The summed E-state index contributed by atoms with van der Waals surface area (Å²) < 4.78 is 0. The van der Waals surface area contributed by atoms with Gasteiger partial charge in [0, 0.05) is 0 Å². The van der Waals surface area contributed by atoms with Gasteiger partial charge in [-0.3, -0.25) is 4.79 Å². The molecule has 2 nitrogen and oxygen atoms in total. The van der Waals surface area contributed by atoms with E-state index in [-0.39, 0.29) is 5.78 Å². The van der Waals surface area contributed by atoms with Crippen molar-refractivity contribution < 1.29 is 9.90 Å². The molecule has 0 atom stereocenters. The first-order chi connectivity index (χ1) is 6.54. The van der Waals surface area contributed by atoms with Crippen molar-refractivity contribution in [3.05, 3.63) is 47.8 Å². The first-order valence-electron chi connectivity index (χ1n) is 4.42. The average Bonchev–Trinajstić information content (AvgIpc) is 2.09. The molecule has 76 valence electrons. The van der Waals surface area contributed by atoms with Crippen molar-refractivity contribution in [1.82, 2.24) is 0 Å². The second kappa shape index (κ2) is 6.89. The van der Waals surface area contributed by atoms with Crippen molar-refractivity contribution in [2.45, 2.75) is 20.8 Å². The molecule has 1 N–H and O–H groups in total. The summed E-state index contributed by atoms with van der Waals surface area (Å²) in [5.74, 6) is 0.342. The molecule has 0 aliphatic heterocycles. The molecule has 0 aromatic heterocycles. The van der Waals surface area contributed by atoms with Crippen LogP contribution < -0.4 is 0 Å². The van der Waals surface area contributed by atoms with Gasteiger partial charge in [0.25, 0.3) is 0 Å². The lowest BCUT2D eigenvalue weighted by Gasteiger charge is -1.91. The van der Waals surface area contributed by atoms with Crippen LogP contribution >= 0.6 is 0 Å². The van der Waals surface area contributed by atoms with Crippen LogP contribution in [0.25, 0.3) is 0 Å². The van der Waals surface area contributed by atoms with Crippen molar-refractivity contribution >= 4 is 5.78 Å². The quantitative estimate of drug-likeness (QED) is 0.422. The number of ketones is 1. The second-order valence-corrected chi connectivity index (χ2v) is 2.98. The molecule has 0 heterocycles. The maximum atomic E-state index is 10.5. The number of carbonyl (C=O) groups excluding carboxylic acids is 1. The minimum absolute atomic E-state index is 0.0286. The van der Waals surface area contributed by atoms with E-state index in [1.807, 2.05) is 6.92 Å². The molecule has 0 rings (SSSR count). The Morgan fingerprint density at radius 2 is 1.43 bits per heavy atom. The van der Waals surface area contributed by atoms with Crippen molar-refractivity contribution in [2.75, 3.05) is 0 Å². The smallest absolute Gasteiger partial charge is 0.152 e. The molecule has 0 saturated heterocycles. The summed E-state index contributed by atoms with van der Waals surface area (Å²) >= 11 is 0.